The van der Waals surface area contributed by atoms with Crippen LogP contribution in [0.2, 0.25) is 0 Å². The summed E-state index contributed by atoms with van der Waals surface area (Å²) in [5.74, 6) is 1.24. The van der Waals surface area contributed by atoms with Gasteiger partial charge in [0, 0.05) is 12.8 Å². The molecule has 2 aromatic rings. The number of Topliss-reactive ketones (excluding diaryl/α,β-unsaturated/α-hetero) is 1. The van der Waals surface area contributed by atoms with E-state index in [1.807, 2.05) is 35.8 Å². The Morgan fingerprint density at radius 1 is 1.31 bits per heavy atom. The molecule has 0 spiro atoms. The van der Waals surface area contributed by atoms with Crippen LogP contribution in [0, 0.1) is 0 Å². The van der Waals surface area contributed by atoms with Crippen molar-refractivity contribution in [2.24, 2.45) is 0 Å². The standard InChI is InChI=1S/C13H16N2O/c1-3-10(16)9-15-12-8-6-5-7-11(12)14-13(15)4-2/h5-8H,3-4,9H2,1-2H3. The number of para-hydroxylation sites is 2. The van der Waals surface area contributed by atoms with E-state index in [1.165, 1.54) is 0 Å². The molecule has 16 heavy (non-hydrogen) atoms. The molecule has 1 aromatic carbocycles. The fourth-order valence-electron chi connectivity index (χ4n) is 1.86. The molecular formula is C13H16N2O. The van der Waals surface area contributed by atoms with E-state index in [0.717, 1.165) is 23.3 Å². The van der Waals surface area contributed by atoms with Crippen LogP contribution in [0.3, 0.4) is 0 Å². The van der Waals surface area contributed by atoms with E-state index in [9.17, 15) is 4.79 Å². The molecule has 0 bridgehead atoms. The molecule has 0 aliphatic rings. The third-order valence-electron chi connectivity index (χ3n) is 2.78. The van der Waals surface area contributed by atoms with Gasteiger partial charge >= 0.3 is 0 Å². The molecule has 0 aliphatic carbocycles. The number of nitrogens with zero attached hydrogens (tertiary/aromatic N) is 2. The van der Waals surface area contributed by atoms with Gasteiger partial charge in [-0.2, -0.15) is 0 Å². The Morgan fingerprint density at radius 3 is 2.75 bits per heavy atom. The molecule has 0 atom stereocenters. The third-order valence-corrected chi connectivity index (χ3v) is 2.78. The summed E-state index contributed by atoms with van der Waals surface area (Å²) in [5.41, 5.74) is 2.03. The van der Waals surface area contributed by atoms with Crippen molar-refractivity contribution >= 4 is 16.8 Å². The maximum absolute atomic E-state index is 11.5. The molecule has 0 saturated heterocycles. The average molecular weight is 216 g/mol. The van der Waals surface area contributed by atoms with Gasteiger partial charge in [0.15, 0.2) is 5.78 Å². The molecule has 0 radical (unpaired) electrons. The van der Waals surface area contributed by atoms with Crippen LogP contribution in [0.4, 0.5) is 0 Å². The van der Waals surface area contributed by atoms with Crippen molar-refractivity contribution in [3.63, 3.8) is 0 Å². The van der Waals surface area contributed by atoms with Crippen molar-refractivity contribution in [2.75, 3.05) is 0 Å². The number of fused-ring (bicyclic) bond motifs is 1. The summed E-state index contributed by atoms with van der Waals surface area (Å²) in [6.45, 7) is 4.40. The van der Waals surface area contributed by atoms with Crippen LogP contribution in [-0.2, 0) is 17.8 Å². The normalized spacial score (nSPS) is 10.9. The van der Waals surface area contributed by atoms with Gasteiger partial charge in [-0.1, -0.05) is 26.0 Å². The first-order chi connectivity index (χ1) is 7.76. The SMILES string of the molecule is CCC(=O)Cn1c(CC)nc2ccccc21. The fourth-order valence-corrected chi connectivity index (χ4v) is 1.86. The van der Waals surface area contributed by atoms with Crippen LogP contribution in [0.1, 0.15) is 26.1 Å². The van der Waals surface area contributed by atoms with E-state index in [0.29, 0.717) is 13.0 Å². The molecule has 0 fully saturated rings. The van der Waals surface area contributed by atoms with Gasteiger partial charge in [-0.3, -0.25) is 4.79 Å². The molecule has 2 rings (SSSR count). The largest absolute Gasteiger partial charge is 0.320 e. The van der Waals surface area contributed by atoms with Crippen LogP contribution in [0.15, 0.2) is 24.3 Å². The van der Waals surface area contributed by atoms with Gasteiger partial charge in [-0.25, -0.2) is 4.98 Å². The Balaban J connectivity index is 2.51. The Morgan fingerprint density at radius 2 is 2.06 bits per heavy atom. The monoisotopic (exact) mass is 216 g/mol. The number of carbonyl (C=O) groups is 1. The van der Waals surface area contributed by atoms with Crippen LogP contribution in [-0.4, -0.2) is 15.3 Å². The van der Waals surface area contributed by atoms with Gasteiger partial charge in [0.25, 0.3) is 0 Å². The van der Waals surface area contributed by atoms with Crippen molar-refractivity contribution in [3.8, 4) is 0 Å². The van der Waals surface area contributed by atoms with Crippen molar-refractivity contribution in [1.82, 2.24) is 9.55 Å². The Kier molecular flexibility index (Phi) is 3.04. The van der Waals surface area contributed by atoms with E-state index >= 15 is 0 Å². The molecule has 3 heteroatoms. The summed E-state index contributed by atoms with van der Waals surface area (Å²) in [4.78, 5) is 16.1. The van der Waals surface area contributed by atoms with E-state index in [1.54, 1.807) is 0 Å². The molecule has 0 unspecified atom stereocenters. The highest BCUT2D eigenvalue weighted by Gasteiger charge is 2.10. The molecule has 0 amide bonds. The summed E-state index contributed by atoms with van der Waals surface area (Å²) in [7, 11) is 0. The molecule has 0 saturated carbocycles. The fraction of sp³-hybridized carbons (Fsp3) is 0.385. The van der Waals surface area contributed by atoms with Gasteiger partial charge in [-0.05, 0) is 12.1 Å². The number of aromatic nitrogens is 2. The minimum atomic E-state index is 0.248. The van der Waals surface area contributed by atoms with Crippen LogP contribution >= 0.6 is 0 Å². The highest BCUT2D eigenvalue weighted by atomic mass is 16.1. The van der Waals surface area contributed by atoms with Gasteiger partial charge in [0.2, 0.25) is 0 Å². The van der Waals surface area contributed by atoms with Crippen molar-refractivity contribution in [3.05, 3.63) is 30.1 Å². The minimum absolute atomic E-state index is 0.248. The van der Waals surface area contributed by atoms with Crippen LogP contribution in [0.5, 0.6) is 0 Å². The lowest BCUT2D eigenvalue weighted by Crippen LogP contribution is -2.11. The smallest absolute Gasteiger partial charge is 0.152 e. The van der Waals surface area contributed by atoms with Crippen LogP contribution < -0.4 is 0 Å². The average Bonchev–Trinajstić information content (AvgIpc) is 2.67. The summed E-state index contributed by atoms with van der Waals surface area (Å²) in [5, 5.41) is 0. The molecule has 84 valence electrons. The number of aryl methyl sites for hydroxylation is 1. The number of carbonyl (C=O) groups excluding carboxylic acids is 1. The number of imidazole rings is 1. The number of hydrogen-bond acceptors (Lipinski definition) is 2. The first-order valence-electron chi connectivity index (χ1n) is 5.72. The minimum Gasteiger partial charge on any atom is -0.320 e. The second-order valence-electron chi connectivity index (χ2n) is 3.85. The van der Waals surface area contributed by atoms with Gasteiger partial charge in [0.05, 0.1) is 17.6 Å². The lowest BCUT2D eigenvalue weighted by molar-refractivity contribution is -0.119. The highest BCUT2D eigenvalue weighted by Crippen LogP contribution is 2.16. The first kappa shape index (κ1) is 10.9. The number of benzene rings is 1. The number of ketones is 1. The van der Waals surface area contributed by atoms with E-state index in [-0.39, 0.29) is 5.78 Å². The van der Waals surface area contributed by atoms with Crippen LogP contribution in [0.25, 0.3) is 11.0 Å². The first-order valence-corrected chi connectivity index (χ1v) is 5.72. The van der Waals surface area contributed by atoms with Crippen molar-refractivity contribution < 1.29 is 4.79 Å². The maximum Gasteiger partial charge on any atom is 0.152 e. The predicted molar refractivity (Wildman–Crippen MR) is 64.4 cm³/mol. The third kappa shape index (κ3) is 1.85. The van der Waals surface area contributed by atoms with E-state index in [2.05, 4.69) is 11.9 Å². The van der Waals surface area contributed by atoms with Crippen molar-refractivity contribution in [2.45, 2.75) is 33.2 Å². The summed E-state index contributed by atoms with van der Waals surface area (Å²) in [6.07, 6.45) is 1.43. The lowest BCUT2D eigenvalue weighted by Gasteiger charge is -2.05. The Hall–Kier alpha value is -1.64. The zero-order valence-electron chi connectivity index (χ0n) is 9.73. The Labute approximate surface area is 95.1 Å². The molecule has 0 N–H and O–H groups in total. The molecule has 1 aromatic heterocycles. The quantitative estimate of drug-likeness (QED) is 0.787. The van der Waals surface area contributed by atoms with Gasteiger partial charge in [0.1, 0.15) is 5.82 Å². The number of rotatable bonds is 4. The lowest BCUT2D eigenvalue weighted by atomic mass is 10.3. The zero-order valence-corrected chi connectivity index (χ0v) is 9.73. The maximum atomic E-state index is 11.5. The summed E-state index contributed by atoms with van der Waals surface area (Å²) in [6, 6.07) is 7.96. The Bertz CT molecular complexity index is 514. The highest BCUT2D eigenvalue weighted by molar-refractivity contribution is 5.82. The second-order valence-corrected chi connectivity index (χ2v) is 3.85. The molecule has 3 nitrogen and oxygen atoms in total. The van der Waals surface area contributed by atoms with E-state index < -0.39 is 0 Å². The molecular weight excluding hydrogens is 200 g/mol. The topological polar surface area (TPSA) is 34.9 Å². The van der Waals surface area contributed by atoms with E-state index in [4.69, 9.17) is 0 Å². The second kappa shape index (κ2) is 4.47. The van der Waals surface area contributed by atoms with Gasteiger partial charge < -0.3 is 4.57 Å². The van der Waals surface area contributed by atoms with Gasteiger partial charge in [-0.15, -0.1) is 0 Å². The molecule has 0 aliphatic heterocycles. The number of hydrogen-bond donors (Lipinski definition) is 0. The summed E-state index contributed by atoms with van der Waals surface area (Å²) < 4.78 is 2.03. The summed E-state index contributed by atoms with van der Waals surface area (Å²) >= 11 is 0. The predicted octanol–water partition coefficient (Wildman–Crippen LogP) is 2.58. The molecule has 1 heterocycles. The zero-order chi connectivity index (χ0) is 11.5. The van der Waals surface area contributed by atoms with Crippen molar-refractivity contribution in [1.29, 1.82) is 0 Å².